The van der Waals surface area contributed by atoms with Crippen molar-refractivity contribution in [3.63, 3.8) is 0 Å². The lowest BCUT2D eigenvalue weighted by molar-refractivity contribution is 0.660. The van der Waals surface area contributed by atoms with Crippen molar-refractivity contribution in [1.29, 1.82) is 0 Å². The Labute approximate surface area is 353 Å². The van der Waals surface area contributed by atoms with E-state index in [1.54, 1.807) is 0 Å². The monoisotopic (exact) mass is 765 g/mol. The zero-order valence-electron chi connectivity index (χ0n) is 34.1. The quantitative estimate of drug-likeness (QED) is 0.146. The van der Waals surface area contributed by atoms with Crippen molar-refractivity contribution in [2.24, 2.45) is 0 Å². The maximum Gasteiger partial charge on any atom is 0.0515 e. The second-order valence-corrected chi connectivity index (χ2v) is 16.9. The Morgan fingerprint density at radius 1 is 0.400 bits per heavy atom. The van der Waals surface area contributed by atoms with E-state index in [-0.39, 0.29) is 5.41 Å². The molecule has 1 nitrogen and oxygen atoms in total. The summed E-state index contributed by atoms with van der Waals surface area (Å²) in [5.74, 6) is 0. The molecule has 0 aliphatic heterocycles. The lowest BCUT2D eigenvalue weighted by Crippen LogP contribution is -2.23. The molecule has 3 aliphatic carbocycles. The van der Waals surface area contributed by atoms with Gasteiger partial charge in [-0.3, -0.25) is 0 Å². The van der Waals surface area contributed by atoms with E-state index in [1.807, 2.05) is 6.08 Å². The summed E-state index contributed by atoms with van der Waals surface area (Å²) in [6.45, 7) is 7.07. The van der Waals surface area contributed by atoms with Gasteiger partial charge in [0.1, 0.15) is 0 Å². The van der Waals surface area contributed by atoms with Gasteiger partial charge in [-0.25, -0.2) is 0 Å². The lowest BCUT2D eigenvalue weighted by atomic mass is 9.74. The summed E-state index contributed by atoms with van der Waals surface area (Å²) in [5, 5.41) is 0. The molecule has 60 heavy (non-hydrogen) atoms. The molecule has 11 rings (SSSR count). The van der Waals surface area contributed by atoms with Crippen LogP contribution in [0.3, 0.4) is 0 Å². The lowest BCUT2D eigenvalue weighted by Gasteiger charge is -2.31. The van der Waals surface area contributed by atoms with Gasteiger partial charge in [0.15, 0.2) is 0 Å². The van der Waals surface area contributed by atoms with Crippen molar-refractivity contribution in [3.8, 4) is 44.5 Å². The molecule has 0 saturated carbocycles. The molecule has 0 saturated heterocycles. The molecule has 0 aromatic heterocycles. The standard InChI is InChI=1S/C59H43N/c1-58(2)54-25-15-13-23-50(54)52-33-31-48(38-56(52)58)60(49-32-34-53-51-24-14-16-26-55(51)59(3,57(53)39-49)46-21-11-6-12-22-46)47-29-27-42(28-30-47)45-36-43(40-17-7-4-8-18-40)35-44(37-45)41-19-9-5-10-20-41/h4-15,17-25,27-39H,1-3H3. The van der Waals surface area contributed by atoms with Gasteiger partial charge in [-0.05, 0) is 152 Å². The van der Waals surface area contributed by atoms with Gasteiger partial charge in [0.05, 0.1) is 5.41 Å². The molecular formula is C59H43N. The highest BCUT2D eigenvalue weighted by molar-refractivity contribution is 5.95. The maximum atomic E-state index is 3.55. The summed E-state index contributed by atoms with van der Waals surface area (Å²) in [7, 11) is 0. The van der Waals surface area contributed by atoms with Crippen molar-refractivity contribution in [2.75, 3.05) is 4.90 Å². The first-order valence-electron chi connectivity index (χ1n) is 20.9. The van der Waals surface area contributed by atoms with E-state index in [0.717, 1.165) is 17.1 Å². The molecule has 0 fully saturated rings. The first kappa shape index (κ1) is 35.7. The largest absolute Gasteiger partial charge is 0.310 e. The molecule has 0 heterocycles. The minimum Gasteiger partial charge on any atom is -0.310 e. The van der Waals surface area contributed by atoms with Crippen LogP contribution in [0.4, 0.5) is 17.1 Å². The first-order chi connectivity index (χ1) is 29.4. The van der Waals surface area contributed by atoms with Crippen LogP contribution in [-0.2, 0) is 10.8 Å². The van der Waals surface area contributed by atoms with Crippen LogP contribution in [0.1, 0.15) is 48.6 Å². The Morgan fingerprint density at radius 2 is 0.900 bits per heavy atom. The van der Waals surface area contributed by atoms with E-state index >= 15 is 0 Å². The number of hydrogen-bond donors (Lipinski definition) is 0. The first-order valence-corrected chi connectivity index (χ1v) is 20.9. The molecule has 8 aromatic carbocycles. The fourth-order valence-electron chi connectivity index (χ4n) is 10.0. The molecule has 0 radical (unpaired) electrons. The van der Waals surface area contributed by atoms with Crippen LogP contribution in [0.2, 0.25) is 0 Å². The van der Waals surface area contributed by atoms with Crippen LogP contribution in [-0.4, -0.2) is 0 Å². The average molecular weight is 766 g/mol. The van der Waals surface area contributed by atoms with Gasteiger partial charge in [-0.2, -0.15) is 0 Å². The van der Waals surface area contributed by atoms with Crippen molar-refractivity contribution >= 4 is 22.6 Å². The molecule has 1 atom stereocenters. The highest BCUT2D eigenvalue weighted by Crippen LogP contribution is 2.56. The van der Waals surface area contributed by atoms with E-state index in [4.69, 9.17) is 0 Å². The average Bonchev–Trinajstić information content (AvgIpc) is 3.71. The van der Waals surface area contributed by atoms with Crippen molar-refractivity contribution < 1.29 is 0 Å². The minimum absolute atomic E-state index is 0.129. The van der Waals surface area contributed by atoms with E-state index in [0.29, 0.717) is 0 Å². The minimum atomic E-state index is -0.392. The van der Waals surface area contributed by atoms with Crippen molar-refractivity contribution in [1.82, 2.24) is 0 Å². The van der Waals surface area contributed by atoms with Crippen LogP contribution >= 0.6 is 0 Å². The van der Waals surface area contributed by atoms with Gasteiger partial charge in [0.2, 0.25) is 0 Å². The highest BCUT2D eigenvalue weighted by Gasteiger charge is 2.44. The van der Waals surface area contributed by atoms with Crippen LogP contribution in [0.5, 0.6) is 0 Å². The molecule has 0 spiro atoms. The third-order valence-electron chi connectivity index (χ3n) is 13.2. The Bertz CT molecular complexity index is 3060. The summed E-state index contributed by atoms with van der Waals surface area (Å²) >= 11 is 0. The zero-order chi connectivity index (χ0) is 40.4. The molecule has 3 aliphatic rings. The molecule has 1 unspecified atom stereocenters. The normalized spacial score (nSPS) is 16.3. The third-order valence-corrected chi connectivity index (χ3v) is 13.2. The fraction of sp³-hybridized carbons (Fsp3) is 0.0847. The van der Waals surface area contributed by atoms with E-state index in [9.17, 15) is 0 Å². The van der Waals surface area contributed by atoms with Crippen LogP contribution in [0.15, 0.2) is 223 Å². The fourth-order valence-corrected chi connectivity index (χ4v) is 10.0. The molecular weight excluding hydrogens is 723 g/mol. The van der Waals surface area contributed by atoms with Gasteiger partial charge in [0.25, 0.3) is 0 Å². The number of hydrogen-bond acceptors (Lipinski definition) is 1. The number of fused-ring (bicyclic) bond motifs is 6. The second kappa shape index (κ2) is 13.9. The maximum absolute atomic E-state index is 3.55. The Kier molecular flexibility index (Phi) is 8.26. The number of rotatable bonds is 7. The predicted molar refractivity (Wildman–Crippen MR) is 251 cm³/mol. The second-order valence-electron chi connectivity index (χ2n) is 16.9. The van der Waals surface area contributed by atoms with Gasteiger partial charge in [0, 0.05) is 28.1 Å². The molecule has 0 amide bonds. The van der Waals surface area contributed by atoms with Crippen LogP contribution in [0.25, 0.3) is 50.1 Å². The summed E-state index contributed by atoms with van der Waals surface area (Å²) in [5.41, 5.74) is 28.4. The van der Waals surface area contributed by atoms with Gasteiger partial charge < -0.3 is 4.90 Å². The topological polar surface area (TPSA) is 3.24 Å². The molecule has 8 aromatic rings. The van der Waals surface area contributed by atoms with Gasteiger partial charge >= 0.3 is 0 Å². The highest BCUT2D eigenvalue weighted by atomic mass is 15.1. The van der Waals surface area contributed by atoms with Crippen molar-refractivity contribution in [2.45, 2.75) is 31.6 Å². The SMILES string of the molecule is CC1(C)c2ccccc2-c2ccc(N(c3ccc(-c4cc(-c5ccccc5)cc(-c5ccccc5)c4)cc3)c3ccc4c(c3)C(C)(c3ccccc3)C3=C=C=CC=C34)cc21. The van der Waals surface area contributed by atoms with Crippen LogP contribution < -0.4 is 4.90 Å². The number of nitrogens with zero attached hydrogens (tertiary/aromatic N) is 1. The summed E-state index contributed by atoms with van der Waals surface area (Å²) in [6, 6.07) is 71.4. The van der Waals surface area contributed by atoms with Gasteiger partial charge in [-0.1, -0.05) is 165 Å². The molecule has 0 N–H and O–H groups in total. The van der Waals surface area contributed by atoms with E-state index in [1.165, 1.54) is 83.5 Å². The number of allylic oxidation sites excluding steroid dienone is 4. The smallest absolute Gasteiger partial charge is 0.0515 e. The molecule has 0 bridgehead atoms. The Hall–Kier alpha value is -7.40. The van der Waals surface area contributed by atoms with E-state index in [2.05, 4.69) is 237 Å². The molecule has 284 valence electrons. The summed E-state index contributed by atoms with van der Waals surface area (Å²) < 4.78 is 0. The number of benzene rings is 8. The summed E-state index contributed by atoms with van der Waals surface area (Å²) in [6.07, 6.45) is 4.19. The third kappa shape index (κ3) is 5.64. The predicted octanol–water partition coefficient (Wildman–Crippen LogP) is 15.4. The Morgan fingerprint density at radius 3 is 1.53 bits per heavy atom. The van der Waals surface area contributed by atoms with E-state index < -0.39 is 5.41 Å². The van der Waals surface area contributed by atoms with Gasteiger partial charge in [-0.15, -0.1) is 0 Å². The summed E-state index contributed by atoms with van der Waals surface area (Å²) in [4.78, 5) is 2.45. The van der Waals surface area contributed by atoms with Crippen LogP contribution in [0, 0.1) is 0 Å². The number of anilines is 3. The molecule has 1 heteroatoms. The zero-order valence-corrected chi connectivity index (χ0v) is 34.1. The van der Waals surface area contributed by atoms with Crippen molar-refractivity contribution in [3.05, 3.63) is 251 Å². The Balaban J connectivity index is 1.08.